The summed E-state index contributed by atoms with van der Waals surface area (Å²) < 4.78 is 5.68. The molecule has 3 heterocycles. The summed E-state index contributed by atoms with van der Waals surface area (Å²) in [6.45, 7) is 2.81. The van der Waals surface area contributed by atoms with Gasteiger partial charge in [0.15, 0.2) is 0 Å². The first-order valence-electron chi connectivity index (χ1n) is 9.96. The van der Waals surface area contributed by atoms with Gasteiger partial charge in [-0.05, 0) is 37.3 Å². The fourth-order valence-electron chi connectivity index (χ4n) is 4.02. The second-order valence-corrected chi connectivity index (χ2v) is 8.58. The number of hydrogen-bond acceptors (Lipinski definition) is 7. The molecular formula is C21H21N3O6S. The molecule has 0 saturated carbocycles. The van der Waals surface area contributed by atoms with E-state index >= 15 is 0 Å². The van der Waals surface area contributed by atoms with Gasteiger partial charge in [-0.3, -0.25) is 29.4 Å². The van der Waals surface area contributed by atoms with Crippen molar-refractivity contribution < 1.29 is 24.0 Å². The lowest BCUT2D eigenvalue weighted by molar-refractivity contribution is -0.385. The Morgan fingerprint density at radius 3 is 2.77 bits per heavy atom. The Kier molecular flexibility index (Phi) is 5.84. The van der Waals surface area contributed by atoms with E-state index in [1.807, 2.05) is 17.5 Å². The van der Waals surface area contributed by atoms with Crippen LogP contribution in [0.25, 0.3) is 0 Å². The number of thiophene rings is 1. The predicted molar refractivity (Wildman–Crippen MR) is 112 cm³/mol. The minimum atomic E-state index is -1.10. The first kappa shape index (κ1) is 21.1. The van der Waals surface area contributed by atoms with Crippen LogP contribution in [0.2, 0.25) is 0 Å². The average molecular weight is 443 g/mol. The highest BCUT2D eigenvalue weighted by atomic mass is 32.1. The van der Waals surface area contributed by atoms with Crippen LogP contribution in [0.15, 0.2) is 35.7 Å². The van der Waals surface area contributed by atoms with Crippen molar-refractivity contribution >= 4 is 34.7 Å². The molecule has 0 aliphatic carbocycles. The lowest BCUT2D eigenvalue weighted by atomic mass is 10.1. The second-order valence-electron chi connectivity index (χ2n) is 7.55. The van der Waals surface area contributed by atoms with Crippen LogP contribution in [-0.4, -0.2) is 57.7 Å². The van der Waals surface area contributed by atoms with E-state index < -0.39 is 34.4 Å². The first-order chi connectivity index (χ1) is 14.9. The third kappa shape index (κ3) is 3.96. The summed E-state index contributed by atoms with van der Waals surface area (Å²) >= 11 is 1.51. The van der Waals surface area contributed by atoms with Crippen LogP contribution in [0.4, 0.5) is 5.69 Å². The van der Waals surface area contributed by atoms with Crippen molar-refractivity contribution in [1.29, 1.82) is 0 Å². The molecule has 3 amide bonds. The molecule has 9 nitrogen and oxygen atoms in total. The van der Waals surface area contributed by atoms with Crippen LogP contribution in [0, 0.1) is 10.1 Å². The summed E-state index contributed by atoms with van der Waals surface area (Å²) in [6, 6.07) is 6.61. The van der Waals surface area contributed by atoms with Gasteiger partial charge in [0.1, 0.15) is 11.6 Å². The van der Waals surface area contributed by atoms with Gasteiger partial charge in [-0.1, -0.05) is 12.1 Å². The lowest BCUT2D eigenvalue weighted by Gasteiger charge is -2.30. The molecule has 2 aliphatic heterocycles. The van der Waals surface area contributed by atoms with Crippen LogP contribution >= 0.6 is 11.3 Å². The van der Waals surface area contributed by atoms with Crippen molar-refractivity contribution in [1.82, 2.24) is 9.80 Å². The van der Waals surface area contributed by atoms with Crippen LogP contribution in [-0.2, 0) is 16.1 Å². The molecule has 2 aromatic rings. The Balaban J connectivity index is 1.60. The number of imide groups is 1. The van der Waals surface area contributed by atoms with E-state index in [2.05, 4.69) is 0 Å². The summed E-state index contributed by atoms with van der Waals surface area (Å²) in [7, 11) is 0. The molecule has 1 fully saturated rings. The normalized spacial score (nSPS) is 18.9. The summed E-state index contributed by atoms with van der Waals surface area (Å²) in [4.78, 5) is 53.3. The summed E-state index contributed by atoms with van der Waals surface area (Å²) in [6.07, 6.45) is 1.66. The van der Waals surface area contributed by atoms with Crippen LogP contribution in [0.3, 0.4) is 0 Å². The molecule has 0 spiro atoms. The molecule has 2 atom stereocenters. The molecule has 0 bridgehead atoms. The zero-order valence-electron chi connectivity index (χ0n) is 16.9. The van der Waals surface area contributed by atoms with Crippen LogP contribution < -0.4 is 0 Å². The zero-order valence-corrected chi connectivity index (χ0v) is 17.7. The number of fused-ring (bicyclic) bond motifs is 1. The number of nitrogens with zero attached hydrogens (tertiary/aromatic N) is 3. The maximum Gasteiger partial charge on any atom is 0.282 e. The molecule has 1 aromatic heterocycles. The molecule has 1 unspecified atom stereocenters. The van der Waals surface area contributed by atoms with E-state index in [0.717, 1.165) is 22.6 Å². The van der Waals surface area contributed by atoms with E-state index in [1.54, 1.807) is 4.90 Å². The van der Waals surface area contributed by atoms with E-state index in [1.165, 1.54) is 36.5 Å². The number of carbonyl (C=O) groups is 3. The monoisotopic (exact) mass is 443 g/mol. The molecule has 10 heteroatoms. The van der Waals surface area contributed by atoms with Crippen LogP contribution in [0.1, 0.15) is 45.4 Å². The molecule has 0 radical (unpaired) electrons. The molecular weight excluding hydrogens is 422 g/mol. The Labute approximate surface area is 182 Å². The van der Waals surface area contributed by atoms with Gasteiger partial charge >= 0.3 is 0 Å². The van der Waals surface area contributed by atoms with E-state index in [4.69, 9.17) is 4.74 Å². The Morgan fingerprint density at radius 2 is 2.13 bits per heavy atom. The number of nitro groups is 1. The van der Waals surface area contributed by atoms with Gasteiger partial charge in [-0.2, -0.15) is 0 Å². The largest absolute Gasteiger partial charge is 0.376 e. The summed E-state index contributed by atoms with van der Waals surface area (Å²) in [5.41, 5.74) is -0.753. The van der Waals surface area contributed by atoms with Crippen molar-refractivity contribution in [2.75, 3.05) is 13.2 Å². The fraction of sp³-hybridized carbons (Fsp3) is 0.381. The van der Waals surface area contributed by atoms with E-state index in [0.29, 0.717) is 19.7 Å². The predicted octanol–water partition coefficient (Wildman–Crippen LogP) is 2.85. The summed E-state index contributed by atoms with van der Waals surface area (Å²) in [5.74, 6) is -1.92. The number of nitro benzene ring substituents is 1. The highest BCUT2D eigenvalue weighted by Crippen LogP contribution is 2.32. The Bertz CT molecular complexity index is 1030. The molecule has 0 N–H and O–H groups in total. The highest BCUT2D eigenvalue weighted by Gasteiger charge is 2.45. The number of rotatable bonds is 7. The standard InChI is InChI=1S/C21H21N3O6S/c1-13(23-20(26)16-7-2-8-17(24(28)29)18(16)21(23)27)19(25)22(11-14-5-3-9-30-14)12-15-6-4-10-31-15/h2,4,6-8,10,13-14H,3,5,9,11-12H2,1H3/t13-,14?/m0/s1. The third-order valence-corrected chi connectivity index (χ3v) is 6.41. The van der Waals surface area contributed by atoms with E-state index in [9.17, 15) is 24.5 Å². The fourth-order valence-corrected chi connectivity index (χ4v) is 4.74. The topological polar surface area (TPSA) is 110 Å². The van der Waals surface area contributed by atoms with Gasteiger partial charge in [-0.25, -0.2) is 0 Å². The first-order valence-corrected chi connectivity index (χ1v) is 10.8. The molecule has 1 aromatic carbocycles. The highest BCUT2D eigenvalue weighted by molar-refractivity contribution is 7.09. The average Bonchev–Trinajstić information content (AvgIpc) is 3.50. The molecule has 1 saturated heterocycles. The molecule has 2 aliphatic rings. The smallest absolute Gasteiger partial charge is 0.282 e. The number of benzene rings is 1. The van der Waals surface area contributed by atoms with Gasteiger partial charge < -0.3 is 9.64 Å². The van der Waals surface area contributed by atoms with Crippen molar-refractivity contribution in [2.24, 2.45) is 0 Å². The zero-order chi connectivity index (χ0) is 22.1. The second kappa shape index (κ2) is 8.56. The number of ether oxygens (including phenoxy) is 1. The Morgan fingerprint density at radius 1 is 1.32 bits per heavy atom. The number of hydrogen-bond donors (Lipinski definition) is 0. The van der Waals surface area contributed by atoms with E-state index in [-0.39, 0.29) is 17.2 Å². The van der Waals surface area contributed by atoms with Crippen molar-refractivity contribution in [3.05, 3.63) is 61.8 Å². The number of amides is 3. The quantitative estimate of drug-likeness (QED) is 0.370. The van der Waals surface area contributed by atoms with Gasteiger partial charge in [-0.15, -0.1) is 11.3 Å². The van der Waals surface area contributed by atoms with Gasteiger partial charge in [0.2, 0.25) is 5.91 Å². The van der Waals surface area contributed by atoms with Gasteiger partial charge in [0.05, 0.1) is 23.1 Å². The molecule has 4 rings (SSSR count). The summed E-state index contributed by atoms with van der Waals surface area (Å²) in [5, 5.41) is 13.3. The minimum Gasteiger partial charge on any atom is -0.376 e. The maximum atomic E-state index is 13.4. The van der Waals surface area contributed by atoms with Crippen molar-refractivity contribution in [3.63, 3.8) is 0 Å². The molecule has 162 valence electrons. The number of carbonyl (C=O) groups excluding carboxylic acids is 3. The van der Waals surface area contributed by atoms with Crippen molar-refractivity contribution in [2.45, 2.75) is 38.5 Å². The van der Waals surface area contributed by atoms with Gasteiger partial charge in [0.25, 0.3) is 17.5 Å². The minimum absolute atomic E-state index is 0.0530. The van der Waals surface area contributed by atoms with Crippen molar-refractivity contribution in [3.8, 4) is 0 Å². The SMILES string of the molecule is C[C@@H](C(=O)N(Cc1cccs1)CC1CCCO1)N1C(=O)c2cccc([N+](=O)[O-])c2C1=O. The molecule has 31 heavy (non-hydrogen) atoms. The van der Waals surface area contributed by atoms with Gasteiger partial charge in [0, 0.05) is 24.1 Å². The van der Waals surface area contributed by atoms with Crippen LogP contribution in [0.5, 0.6) is 0 Å². The Hall–Kier alpha value is -3.11. The lowest BCUT2D eigenvalue weighted by Crippen LogP contribution is -2.50. The maximum absolute atomic E-state index is 13.4. The third-order valence-electron chi connectivity index (χ3n) is 5.55.